The third kappa shape index (κ3) is 4.20. The minimum absolute atomic E-state index is 0.191. The van der Waals surface area contributed by atoms with Crippen LogP contribution in [0.3, 0.4) is 0 Å². The first-order chi connectivity index (χ1) is 13.5. The predicted molar refractivity (Wildman–Crippen MR) is 104 cm³/mol. The number of esters is 1. The summed E-state index contributed by atoms with van der Waals surface area (Å²) in [5, 5.41) is 6.92. The average molecular weight is 379 g/mol. The lowest BCUT2D eigenvalue weighted by Crippen LogP contribution is -2.16. The van der Waals surface area contributed by atoms with Crippen molar-refractivity contribution < 1.29 is 19.1 Å². The second kappa shape index (κ2) is 8.39. The molecule has 2 aromatic carbocycles. The quantitative estimate of drug-likeness (QED) is 0.664. The van der Waals surface area contributed by atoms with Gasteiger partial charge >= 0.3 is 5.97 Å². The molecule has 0 atom stereocenters. The van der Waals surface area contributed by atoms with Crippen LogP contribution < -0.4 is 10.1 Å². The fourth-order valence-corrected chi connectivity index (χ4v) is 2.77. The first-order valence-corrected chi connectivity index (χ1v) is 8.69. The van der Waals surface area contributed by atoms with Gasteiger partial charge in [0.1, 0.15) is 12.4 Å². The van der Waals surface area contributed by atoms with E-state index in [1.54, 1.807) is 38.2 Å². The number of methoxy groups -OCH3 is 1. The Morgan fingerprint density at radius 3 is 2.39 bits per heavy atom. The predicted octanol–water partition coefficient (Wildman–Crippen LogP) is 3.35. The monoisotopic (exact) mass is 379 g/mol. The molecule has 0 unspecified atom stereocenters. The highest BCUT2D eigenvalue weighted by molar-refractivity contribution is 6.08. The van der Waals surface area contributed by atoms with E-state index in [-0.39, 0.29) is 11.6 Å². The van der Waals surface area contributed by atoms with Gasteiger partial charge in [-0.1, -0.05) is 30.3 Å². The lowest BCUT2D eigenvalue weighted by molar-refractivity contribution is 0.0589. The Morgan fingerprint density at radius 1 is 1.07 bits per heavy atom. The summed E-state index contributed by atoms with van der Waals surface area (Å²) in [5.41, 5.74) is 2.55. The summed E-state index contributed by atoms with van der Waals surface area (Å²) < 4.78 is 11.9. The van der Waals surface area contributed by atoms with Crippen LogP contribution in [0.15, 0.2) is 54.6 Å². The third-order valence-electron chi connectivity index (χ3n) is 4.20. The van der Waals surface area contributed by atoms with Gasteiger partial charge in [0, 0.05) is 12.6 Å². The van der Waals surface area contributed by atoms with Gasteiger partial charge in [0.2, 0.25) is 0 Å². The van der Waals surface area contributed by atoms with Gasteiger partial charge in [-0.3, -0.25) is 9.48 Å². The van der Waals surface area contributed by atoms with Crippen molar-refractivity contribution in [2.75, 3.05) is 12.4 Å². The highest BCUT2D eigenvalue weighted by Gasteiger charge is 2.22. The molecule has 0 spiro atoms. The molecule has 0 aliphatic rings. The number of ether oxygens (including phenoxy) is 2. The molecule has 1 N–H and O–H groups in total. The van der Waals surface area contributed by atoms with E-state index in [4.69, 9.17) is 9.47 Å². The maximum absolute atomic E-state index is 12.6. The van der Waals surface area contributed by atoms with Crippen LogP contribution in [0.4, 0.5) is 5.69 Å². The number of carbonyl (C=O) groups excluding carboxylic acids is 2. The molecule has 7 nitrogen and oxygen atoms in total. The van der Waals surface area contributed by atoms with Gasteiger partial charge in [-0.15, -0.1) is 0 Å². The highest BCUT2D eigenvalue weighted by Crippen LogP contribution is 2.22. The molecule has 0 fully saturated rings. The van der Waals surface area contributed by atoms with Gasteiger partial charge in [0.25, 0.3) is 5.91 Å². The zero-order chi connectivity index (χ0) is 20.1. The van der Waals surface area contributed by atoms with Gasteiger partial charge in [-0.25, -0.2) is 4.79 Å². The minimum Gasteiger partial charge on any atom is -0.489 e. The normalized spacial score (nSPS) is 10.4. The number of benzene rings is 2. The van der Waals surface area contributed by atoms with Crippen molar-refractivity contribution in [2.45, 2.75) is 13.5 Å². The number of amides is 1. The Hall–Kier alpha value is -3.61. The number of rotatable bonds is 6. The van der Waals surface area contributed by atoms with Crippen molar-refractivity contribution in [3.8, 4) is 5.75 Å². The molecule has 1 heterocycles. The zero-order valence-electron chi connectivity index (χ0n) is 15.9. The Morgan fingerprint density at radius 2 is 1.75 bits per heavy atom. The summed E-state index contributed by atoms with van der Waals surface area (Å²) in [7, 11) is 2.90. The molecule has 0 aliphatic heterocycles. The second-order valence-corrected chi connectivity index (χ2v) is 6.18. The fourth-order valence-electron chi connectivity index (χ4n) is 2.77. The number of nitrogens with zero attached hydrogens (tertiary/aromatic N) is 2. The number of anilines is 1. The van der Waals surface area contributed by atoms with Gasteiger partial charge < -0.3 is 14.8 Å². The number of aromatic nitrogens is 2. The highest BCUT2D eigenvalue weighted by atomic mass is 16.5. The maximum Gasteiger partial charge on any atom is 0.358 e. The van der Waals surface area contributed by atoms with Gasteiger partial charge in [0.15, 0.2) is 5.69 Å². The van der Waals surface area contributed by atoms with Gasteiger partial charge in [-0.05, 0) is 36.8 Å². The molecular weight excluding hydrogens is 358 g/mol. The standard InChI is InChI=1S/C21H21N3O4/c1-14-18(19(21(26)27-3)24(2)23-14)22-20(25)16-9-11-17(12-10-16)28-13-15-7-5-4-6-8-15/h4-12H,13H2,1-3H3,(H,22,25). The van der Waals surface area contributed by atoms with Crippen molar-refractivity contribution in [3.63, 3.8) is 0 Å². The average Bonchev–Trinajstić information content (AvgIpc) is 2.99. The largest absolute Gasteiger partial charge is 0.489 e. The van der Waals surface area contributed by atoms with Gasteiger partial charge in [0.05, 0.1) is 18.5 Å². The van der Waals surface area contributed by atoms with E-state index in [0.29, 0.717) is 29.3 Å². The first kappa shape index (κ1) is 19.2. The fraction of sp³-hybridized carbons (Fsp3) is 0.190. The van der Waals surface area contributed by atoms with Crippen LogP contribution in [0.5, 0.6) is 5.75 Å². The van der Waals surface area contributed by atoms with E-state index in [9.17, 15) is 9.59 Å². The Kier molecular flexibility index (Phi) is 5.74. The van der Waals surface area contributed by atoms with Crippen molar-refractivity contribution in [1.82, 2.24) is 9.78 Å². The molecule has 28 heavy (non-hydrogen) atoms. The molecule has 0 radical (unpaired) electrons. The summed E-state index contributed by atoms with van der Waals surface area (Å²) in [5.74, 6) is -0.257. The Balaban J connectivity index is 1.69. The van der Waals surface area contributed by atoms with Crippen LogP contribution in [0, 0.1) is 6.92 Å². The minimum atomic E-state index is -0.567. The topological polar surface area (TPSA) is 82.4 Å². The van der Waals surface area contributed by atoms with Crippen molar-refractivity contribution in [2.24, 2.45) is 7.05 Å². The molecule has 7 heteroatoms. The molecule has 3 aromatic rings. The van der Waals surface area contributed by atoms with Crippen LogP contribution in [-0.4, -0.2) is 28.8 Å². The Bertz CT molecular complexity index is 979. The van der Waals surface area contributed by atoms with E-state index < -0.39 is 5.97 Å². The summed E-state index contributed by atoms with van der Waals surface area (Å²) in [6.45, 7) is 2.16. The van der Waals surface area contributed by atoms with Gasteiger partial charge in [-0.2, -0.15) is 5.10 Å². The summed E-state index contributed by atoms with van der Waals surface area (Å²) in [6.07, 6.45) is 0. The lowest BCUT2D eigenvalue weighted by atomic mass is 10.2. The molecule has 0 bridgehead atoms. The van der Waals surface area contributed by atoms with E-state index in [2.05, 4.69) is 10.4 Å². The number of aryl methyl sites for hydroxylation is 2. The number of hydrogen-bond acceptors (Lipinski definition) is 5. The van der Waals surface area contributed by atoms with Crippen molar-refractivity contribution in [3.05, 3.63) is 77.1 Å². The molecule has 1 amide bonds. The van der Waals surface area contributed by atoms with Crippen molar-refractivity contribution in [1.29, 1.82) is 0 Å². The van der Waals surface area contributed by atoms with E-state index in [1.165, 1.54) is 11.8 Å². The van der Waals surface area contributed by atoms with E-state index in [1.807, 2.05) is 30.3 Å². The molecule has 0 saturated carbocycles. The summed E-state index contributed by atoms with van der Waals surface area (Å²) >= 11 is 0. The van der Waals surface area contributed by atoms with E-state index in [0.717, 1.165) is 5.56 Å². The van der Waals surface area contributed by atoms with E-state index >= 15 is 0 Å². The number of nitrogens with one attached hydrogen (secondary N) is 1. The van der Waals surface area contributed by atoms with Crippen LogP contribution in [0.2, 0.25) is 0 Å². The molecule has 0 aliphatic carbocycles. The zero-order valence-corrected chi connectivity index (χ0v) is 15.9. The molecule has 3 rings (SSSR count). The Labute approximate surface area is 162 Å². The molecule has 0 saturated heterocycles. The summed E-state index contributed by atoms with van der Waals surface area (Å²) in [4.78, 5) is 24.6. The van der Waals surface area contributed by atoms with Crippen LogP contribution in [0.1, 0.15) is 32.1 Å². The first-order valence-electron chi connectivity index (χ1n) is 8.69. The third-order valence-corrected chi connectivity index (χ3v) is 4.20. The van der Waals surface area contributed by atoms with Crippen LogP contribution >= 0.6 is 0 Å². The molecule has 144 valence electrons. The number of carbonyl (C=O) groups is 2. The SMILES string of the molecule is COC(=O)c1c(NC(=O)c2ccc(OCc3ccccc3)cc2)c(C)nn1C. The molecular formula is C21H21N3O4. The molecule has 1 aromatic heterocycles. The smallest absolute Gasteiger partial charge is 0.358 e. The van der Waals surface area contributed by atoms with Crippen LogP contribution in [0.25, 0.3) is 0 Å². The second-order valence-electron chi connectivity index (χ2n) is 6.18. The lowest BCUT2D eigenvalue weighted by Gasteiger charge is -2.09. The van der Waals surface area contributed by atoms with Crippen molar-refractivity contribution >= 4 is 17.6 Å². The number of hydrogen-bond donors (Lipinski definition) is 1. The maximum atomic E-state index is 12.6. The summed E-state index contributed by atoms with van der Waals surface area (Å²) in [6, 6.07) is 16.6. The van der Waals surface area contributed by atoms with Crippen LogP contribution in [-0.2, 0) is 18.4 Å².